The van der Waals surface area contributed by atoms with Gasteiger partial charge in [0.1, 0.15) is 12.3 Å². The van der Waals surface area contributed by atoms with E-state index >= 15 is 0 Å². The average Bonchev–Trinajstić information content (AvgIpc) is 2.58. The molecule has 1 aromatic heterocycles. The number of aromatic nitrogens is 2. The molecule has 0 saturated heterocycles. The molecule has 0 spiro atoms. The van der Waals surface area contributed by atoms with Crippen LogP contribution in [-0.2, 0) is 11.3 Å². The molecule has 1 amide bonds. The zero-order valence-corrected chi connectivity index (χ0v) is 14.1. The second-order valence-electron chi connectivity index (χ2n) is 5.77. The molecule has 2 aromatic carbocycles. The predicted octanol–water partition coefficient (Wildman–Crippen LogP) is 3.24. The number of hydrogen-bond acceptors (Lipinski definition) is 4. The van der Waals surface area contributed by atoms with Crippen molar-refractivity contribution < 1.29 is 22.7 Å². The maximum atomic E-state index is 12.5. The molecule has 0 aliphatic carbocycles. The summed E-state index contributed by atoms with van der Waals surface area (Å²) in [6, 6.07) is 9.89. The summed E-state index contributed by atoms with van der Waals surface area (Å²) >= 11 is 0. The average molecular weight is 377 g/mol. The molecule has 140 valence electrons. The zero-order valence-electron chi connectivity index (χ0n) is 14.1. The van der Waals surface area contributed by atoms with Crippen molar-refractivity contribution in [2.45, 2.75) is 19.8 Å². The van der Waals surface area contributed by atoms with Gasteiger partial charge >= 0.3 is 6.36 Å². The van der Waals surface area contributed by atoms with Crippen LogP contribution in [-0.4, -0.2) is 21.8 Å². The van der Waals surface area contributed by atoms with Crippen molar-refractivity contribution in [2.75, 3.05) is 5.32 Å². The molecule has 0 unspecified atom stereocenters. The molecule has 6 nitrogen and oxygen atoms in total. The molecule has 1 N–H and O–H groups in total. The molecular formula is C18H14F3N3O3. The minimum Gasteiger partial charge on any atom is -0.406 e. The van der Waals surface area contributed by atoms with Crippen molar-refractivity contribution in [3.05, 3.63) is 64.7 Å². The number of rotatable bonds is 4. The fourth-order valence-electron chi connectivity index (χ4n) is 2.55. The number of para-hydroxylation sites is 1. The molecular weight excluding hydrogens is 363 g/mol. The Hall–Kier alpha value is -3.36. The van der Waals surface area contributed by atoms with E-state index < -0.39 is 18.0 Å². The van der Waals surface area contributed by atoms with Gasteiger partial charge in [0.15, 0.2) is 0 Å². The lowest BCUT2D eigenvalue weighted by Gasteiger charge is -2.11. The van der Waals surface area contributed by atoms with Gasteiger partial charge in [-0.05, 0) is 42.8 Å². The molecule has 27 heavy (non-hydrogen) atoms. The second-order valence-corrected chi connectivity index (χ2v) is 5.77. The summed E-state index contributed by atoms with van der Waals surface area (Å²) in [6.45, 7) is 1.55. The number of fused-ring (bicyclic) bond motifs is 1. The molecule has 0 radical (unpaired) electrons. The zero-order chi connectivity index (χ0) is 19.6. The molecule has 3 aromatic rings. The number of hydrogen-bond donors (Lipinski definition) is 1. The van der Waals surface area contributed by atoms with Gasteiger partial charge in [-0.1, -0.05) is 12.1 Å². The second kappa shape index (κ2) is 7.10. The summed E-state index contributed by atoms with van der Waals surface area (Å²) in [7, 11) is 0. The van der Waals surface area contributed by atoms with E-state index in [4.69, 9.17) is 0 Å². The van der Waals surface area contributed by atoms with Crippen LogP contribution in [0.15, 0.2) is 53.6 Å². The van der Waals surface area contributed by atoms with Crippen molar-refractivity contribution in [3.8, 4) is 5.75 Å². The number of carbonyl (C=O) groups excluding carboxylic acids is 1. The molecule has 0 aliphatic rings. The fraction of sp³-hybridized carbons (Fsp3) is 0.167. The summed E-state index contributed by atoms with van der Waals surface area (Å²) in [6.07, 6.45) is -3.50. The molecule has 0 aliphatic heterocycles. The van der Waals surface area contributed by atoms with Gasteiger partial charge in [0.2, 0.25) is 5.91 Å². The van der Waals surface area contributed by atoms with Crippen molar-refractivity contribution >= 4 is 22.5 Å². The first-order valence-electron chi connectivity index (χ1n) is 7.83. The van der Waals surface area contributed by atoms with E-state index in [1.807, 2.05) is 13.0 Å². The van der Waals surface area contributed by atoms with Gasteiger partial charge in [0.25, 0.3) is 5.56 Å². The first kappa shape index (κ1) is 18.4. The normalized spacial score (nSPS) is 11.4. The van der Waals surface area contributed by atoms with Crippen LogP contribution in [0.1, 0.15) is 5.56 Å². The Morgan fingerprint density at radius 1 is 1.19 bits per heavy atom. The van der Waals surface area contributed by atoms with Crippen LogP contribution in [0.4, 0.5) is 18.9 Å². The van der Waals surface area contributed by atoms with Gasteiger partial charge in [-0.15, -0.1) is 13.2 Å². The van der Waals surface area contributed by atoms with Crippen LogP contribution in [0.3, 0.4) is 0 Å². The van der Waals surface area contributed by atoms with Gasteiger partial charge in [-0.3, -0.25) is 14.2 Å². The SMILES string of the molecule is Cc1cccc2c(=O)n(CC(=O)Nc3ccc(OC(F)(F)F)cc3)cnc12. The number of carbonyl (C=O) groups is 1. The molecule has 0 saturated carbocycles. The van der Waals surface area contributed by atoms with Gasteiger partial charge in [-0.25, -0.2) is 4.98 Å². The van der Waals surface area contributed by atoms with Crippen molar-refractivity contribution in [1.82, 2.24) is 9.55 Å². The molecule has 0 fully saturated rings. The Kier molecular flexibility index (Phi) is 4.85. The largest absolute Gasteiger partial charge is 0.573 e. The number of nitrogens with one attached hydrogen (secondary N) is 1. The van der Waals surface area contributed by atoms with Crippen LogP contribution < -0.4 is 15.6 Å². The molecule has 3 rings (SSSR count). The van der Waals surface area contributed by atoms with Crippen LogP contribution in [0.2, 0.25) is 0 Å². The van der Waals surface area contributed by atoms with E-state index in [-0.39, 0.29) is 17.8 Å². The first-order chi connectivity index (χ1) is 12.7. The lowest BCUT2D eigenvalue weighted by molar-refractivity contribution is -0.274. The third-order valence-electron chi connectivity index (χ3n) is 3.74. The number of amides is 1. The van der Waals surface area contributed by atoms with Gasteiger partial charge < -0.3 is 10.1 Å². The van der Waals surface area contributed by atoms with E-state index in [9.17, 15) is 22.8 Å². The standard InChI is InChI=1S/C18H14F3N3O3/c1-11-3-2-4-14-16(11)22-10-24(17(14)26)9-15(25)23-12-5-7-13(8-6-12)27-18(19,20)21/h2-8,10H,9H2,1H3,(H,23,25). The Bertz CT molecular complexity index is 1040. The highest BCUT2D eigenvalue weighted by atomic mass is 19.4. The van der Waals surface area contributed by atoms with Crippen LogP contribution in [0, 0.1) is 6.92 Å². The number of alkyl halides is 3. The van der Waals surface area contributed by atoms with E-state index in [0.717, 1.165) is 22.3 Å². The molecule has 0 atom stereocenters. The number of ether oxygens (including phenoxy) is 1. The third-order valence-corrected chi connectivity index (χ3v) is 3.74. The number of aryl methyl sites for hydroxylation is 1. The number of benzene rings is 2. The van der Waals surface area contributed by atoms with Crippen molar-refractivity contribution in [2.24, 2.45) is 0 Å². The quantitative estimate of drug-likeness (QED) is 0.758. The molecule has 9 heteroatoms. The predicted molar refractivity (Wildman–Crippen MR) is 92.5 cm³/mol. The molecule has 1 heterocycles. The van der Waals surface area contributed by atoms with Gasteiger partial charge in [0.05, 0.1) is 17.2 Å². The molecule has 0 bridgehead atoms. The highest BCUT2D eigenvalue weighted by molar-refractivity contribution is 5.90. The highest BCUT2D eigenvalue weighted by Crippen LogP contribution is 2.23. The fourth-order valence-corrected chi connectivity index (χ4v) is 2.55. The summed E-state index contributed by atoms with van der Waals surface area (Å²) in [5.74, 6) is -0.916. The van der Waals surface area contributed by atoms with Crippen LogP contribution >= 0.6 is 0 Å². The van der Waals surface area contributed by atoms with E-state index in [1.165, 1.54) is 18.5 Å². The third kappa shape index (κ3) is 4.43. The maximum absolute atomic E-state index is 12.5. The smallest absolute Gasteiger partial charge is 0.406 e. The monoisotopic (exact) mass is 377 g/mol. The topological polar surface area (TPSA) is 73.2 Å². The van der Waals surface area contributed by atoms with Gasteiger partial charge in [0, 0.05) is 5.69 Å². The maximum Gasteiger partial charge on any atom is 0.573 e. The highest BCUT2D eigenvalue weighted by Gasteiger charge is 2.30. The van der Waals surface area contributed by atoms with Gasteiger partial charge in [-0.2, -0.15) is 0 Å². The summed E-state index contributed by atoms with van der Waals surface area (Å²) in [5, 5.41) is 2.91. The minimum atomic E-state index is -4.78. The van der Waals surface area contributed by atoms with Crippen molar-refractivity contribution in [1.29, 1.82) is 0 Å². The summed E-state index contributed by atoms with van der Waals surface area (Å²) < 4.78 is 41.3. The summed E-state index contributed by atoms with van der Waals surface area (Å²) in [4.78, 5) is 28.8. The Morgan fingerprint density at radius 2 is 1.89 bits per heavy atom. The first-order valence-corrected chi connectivity index (χ1v) is 7.83. The Labute approximate surface area is 151 Å². The van der Waals surface area contributed by atoms with Crippen LogP contribution in [0.5, 0.6) is 5.75 Å². The van der Waals surface area contributed by atoms with E-state index in [2.05, 4.69) is 15.0 Å². The lowest BCUT2D eigenvalue weighted by Crippen LogP contribution is -2.28. The summed E-state index contributed by atoms with van der Waals surface area (Å²) in [5.41, 5.74) is 1.33. The number of anilines is 1. The van der Waals surface area contributed by atoms with Crippen LogP contribution in [0.25, 0.3) is 10.9 Å². The van der Waals surface area contributed by atoms with Crippen molar-refractivity contribution in [3.63, 3.8) is 0 Å². The lowest BCUT2D eigenvalue weighted by atomic mass is 10.1. The van der Waals surface area contributed by atoms with E-state index in [1.54, 1.807) is 12.1 Å². The number of halogens is 3. The number of nitrogens with zero attached hydrogens (tertiary/aromatic N) is 2. The Morgan fingerprint density at radius 3 is 2.56 bits per heavy atom. The Balaban J connectivity index is 1.72. The minimum absolute atomic E-state index is 0.271. The van der Waals surface area contributed by atoms with E-state index in [0.29, 0.717) is 10.9 Å².